The molecular formula is C22H20N2O3. The second-order valence-corrected chi connectivity index (χ2v) is 7.52. The lowest BCUT2D eigenvalue weighted by Gasteiger charge is -2.16. The number of hydrogen-bond acceptors (Lipinski definition) is 3. The Hall–Kier alpha value is -3.08. The topological polar surface area (TPSA) is 70.8 Å². The van der Waals surface area contributed by atoms with Gasteiger partial charge in [0.25, 0.3) is 5.56 Å². The number of carboxylic acid groups (broad SMARTS) is 1. The van der Waals surface area contributed by atoms with E-state index in [1.54, 1.807) is 12.3 Å². The Labute approximate surface area is 156 Å². The van der Waals surface area contributed by atoms with Crippen molar-refractivity contribution in [2.75, 3.05) is 11.9 Å². The van der Waals surface area contributed by atoms with Crippen LogP contribution in [0, 0.1) is 6.92 Å². The van der Waals surface area contributed by atoms with Crippen molar-refractivity contribution in [3.8, 4) is 11.1 Å². The van der Waals surface area contributed by atoms with Gasteiger partial charge in [-0.3, -0.25) is 9.20 Å². The van der Waals surface area contributed by atoms with E-state index in [2.05, 4.69) is 23.5 Å². The predicted molar refractivity (Wildman–Crippen MR) is 105 cm³/mol. The highest BCUT2D eigenvalue weighted by Crippen LogP contribution is 2.43. The SMILES string of the molecule is Cc1c(-c2ccc3c(c2)CCN3)ccn2c(=O)c(C(=O)O)cc(C3CC3)c12. The summed E-state index contributed by atoms with van der Waals surface area (Å²) in [5.41, 5.74) is 6.99. The Kier molecular flexibility index (Phi) is 3.41. The highest BCUT2D eigenvalue weighted by molar-refractivity contribution is 5.89. The van der Waals surface area contributed by atoms with Crippen LogP contribution in [0.15, 0.2) is 41.3 Å². The van der Waals surface area contributed by atoms with Gasteiger partial charge in [0.2, 0.25) is 0 Å². The van der Waals surface area contributed by atoms with Gasteiger partial charge in [-0.2, -0.15) is 0 Å². The number of pyridine rings is 2. The Bertz CT molecular complexity index is 1170. The number of aromatic carboxylic acids is 1. The lowest BCUT2D eigenvalue weighted by Crippen LogP contribution is -2.23. The molecule has 1 aromatic carbocycles. The van der Waals surface area contributed by atoms with E-state index >= 15 is 0 Å². The van der Waals surface area contributed by atoms with Crippen LogP contribution >= 0.6 is 0 Å². The van der Waals surface area contributed by atoms with Crippen LogP contribution in [-0.2, 0) is 6.42 Å². The van der Waals surface area contributed by atoms with Gasteiger partial charge < -0.3 is 10.4 Å². The fourth-order valence-electron chi connectivity index (χ4n) is 4.24. The molecule has 5 nitrogen and oxygen atoms in total. The molecule has 136 valence electrons. The lowest BCUT2D eigenvalue weighted by molar-refractivity contribution is 0.0694. The summed E-state index contributed by atoms with van der Waals surface area (Å²) in [6.45, 7) is 3.00. The number of nitrogens with zero attached hydrogens (tertiary/aromatic N) is 1. The summed E-state index contributed by atoms with van der Waals surface area (Å²) in [6, 6.07) is 9.96. The van der Waals surface area contributed by atoms with Gasteiger partial charge in [0, 0.05) is 18.4 Å². The molecule has 5 rings (SSSR count). The molecule has 0 saturated heterocycles. The Balaban J connectivity index is 1.78. The van der Waals surface area contributed by atoms with Crippen molar-refractivity contribution in [3.05, 3.63) is 69.1 Å². The Morgan fingerprint density at radius 1 is 1.22 bits per heavy atom. The Morgan fingerprint density at radius 2 is 2.04 bits per heavy atom. The molecule has 0 atom stereocenters. The summed E-state index contributed by atoms with van der Waals surface area (Å²) in [5.74, 6) is -0.818. The van der Waals surface area contributed by atoms with Gasteiger partial charge in [0.1, 0.15) is 5.56 Å². The number of fused-ring (bicyclic) bond motifs is 2. The average molecular weight is 360 g/mol. The largest absolute Gasteiger partial charge is 0.477 e. The highest BCUT2D eigenvalue weighted by Gasteiger charge is 2.29. The van der Waals surface area contributed by atoms with E-state index in [0.29, 0.717) is 5.92 Å². The molecule has 0 unspecified atom stereocenters. The summed E-state index contributed by atoms with van der Waals surface area (Å²) < 4.78 is 1.52. The number of rotatable bonds is 3. The van der Waals surface area contributed by atoms with Gasteiger partial charge in [-0.1, -0.05) is 6.07 Å². The third-order valence-electron chi connectivity index (χ3n) is 5.79. The minimum atomic E-state index is -1.16. The van der Waals surface area contributed by atoms with Crippen LogP contribution < -0.4 is 10.9 Å². The molecule has 0 bridgehead atoms. The normalized spacial score (nSPS) is 15.6. The minimum Gasteiger partial charge on any atom is -0.477 e. The van der Waals surface area contributed by atoms with Crippen LogP contribution in [0.4, 0.5) is 5.69 Å². The summed E-state index contributed by atoms with van der Waals surface area (Å²) >= 11 is 0. The first kappa shape index (κ1) is 16.1. The number of carboxylic acids is 1. The summed E-state index contributed by atoms with van der Waals surface area (Å²) in [4.78, 5) is 24.2. The number of nitrogens with one attached hydrogen (secondary N) is 1. The van der Waals surface area contributed by atoms with Crippen molar-refractivity contribution < 1.29 is 9.90 Å². The number of carbonyl (C=O) groups is 1. The zero-order valence-corrected chi connectivity index (χ0v) is 15.1. The molecule has 1 aliphatic heterocycles. The molecule has 2 aromatic heterocycles. The molecule has 0 amide bonds. The maximum absolute atomic E-state index is 12.7. The smallest absolute Gasteiger partial charge is 0.341 e. The van der Waals surface area contributed by atoms with Crippen LogP contribution in [0.2, 0.25) is 0 Å². The van der Waals surface area contributed by atoms with E-state index in [1.807, 2.05) is 13.0 Å². The fourth-order valence-corrected chi connectivity index (χ4v) is 4.24. The molecule has 0 radical (unpaired) electrons. The summed E-state index contributed by atoms with van der Waals surface area (Å²) in [7, 11) is 0. The van der Waals surface area contributed by atoms with E-state index < -0.39 is 11.5 Å². The van der Waals surface area contributed by atoms with Crippen molar-refractivity contribution in [3.63, 3.8) is 0 Å². The molecule has 27 heavy (non-hydrogen) atoms. The maximum atomic E-state index is 12.7. The van der Waals surface area contributed by atoms with Gasteiger partial charge in [-0.15, -0.1) is 0 Å². The van der Waals surface area contributed by atoms with E-state index in [4.69, 9.17) is 0 Å². The van der Waals surface area contributed by atoms with E-state index in [9.17, 15) is 14.7 Å². The molecular weight excluding hydrogens is 340 g/mol. The number of anilines is 1. The monoisotopic (exact) mass is 360 g/mol. The number of aromatic nitrogens is 1. The van der Waals surface area contributed by atoms with Crippen LogP contribution in [0.5, 0.6) is 0 Å². The number of hydrogen-bond donors (Lipinski definition) is 2. The van der Waals surface area contributed by atoms with E-state index in [1.165, 1.54) is 15.7 Å². The first-order valence-corrected chi connectivity index (χ1v) is 9.34. The molecule has 3 heterocycles. The first-order valence-electron chi connectivity index (χ1n) is 9.34. The van der Waals surface area contributed by atoms with Gasteiger partial charge in [0.15, 0.2) is 0 Å². The van der Waals surface area contributed by atoms with Crippen LogP contribution in [0.3, 0.4) is 0 Å². The second kappa shape index (κ2) is 5.71. The molecule has 2 N–H and O–H groups in total. The molecule has 2 aliphatic rings. The molecule has 0 spiro atoms. The van der Waals surface area contributed by atoms with Gasteiger partial charge in [-0.05, 0) is 84.2 Å². The number of benzene rings is 1. The lowest BCUT2D eigenvalue weighted by atomic mass is 9.95. The van der Waals surface area contributed by atoms with Gasteiger partial charge in [0.05, 0.1) is 5.52 Å². The predicted octanol–water partition coefficient (Wildman–Crippen LogP) is 3.82. The van der Waals surface area contributed by atoms with Crippen molar-refractivity contribution in [1.82, 2.24) is 4.40 Å². The van der Waals surface area contributed by atoms with E-state index in [-0.39, 0.29) is 5.56 Å². The van der Waals surface area contributed by atoms with Gasteiger partial charge in [-0.25, -0.2) is 4.79 Å². The van der Waals surface area contributed by atoms with Crippen LogP contribution in [0.1, 0.15) is 45.8 Å². The number of aryl methyl sites for hydroxylation is 1. The zero-order valence-electron chi connectivity index (χ0n) is 15.1. The standard InChI is InChI=1S/C22H20N2O3/c1-12-16(14-4-5-19-15(10-14)6-8-23-19)7-9-24-20(12)17(13-2-3-13)11-18(21(24)25)22(26)27/h4-5,7,9-11,13,23H,2-3,6,8H2,1H3,(H,26,27). The van der Waals surface area contributed by atoms with E-state index in [0.717, 1.165) is 53.6 Å². The van der Waals surface area contributed by atoms with Crippen LogP contribution in [0.25, 0.3) is 16.6 Å². The highest BCUT2D eigenvalue weighted by atomic mass is 16.4. The van der Waals surface area contributed by atoms with Gasteiger partial charge >= 0.3 is 5.97 Å². The Morgan fingerprint density at radius 3 is 2.78 bits per heavy atom. The maximum Gasteiger partial charge on any atom is 0.341 e. The third kappa shape index (κ3) is 2.46. The first-order chi connectivity index (χ1) is 13.0. The van der Waals surface area contributed by atoms with Crippen LogP contribution in [-0.4, -0.2) is 22.0 Å². The molecule has 1 fully saturated rings. The second-order valence-electron chi connectivity index (χ2n) is 7.52. The summed E-state index contributed by atoms with van der Waals surface area (Å²) in [5, 5.41) is 12.8. The summed E-state index contributed by atoms with van der Waals surface area (Å²) in [6.07, 6.45) is 4.83. The van der Waals surface area contributed by atoms with Crippen molar-refractivity contribution >= 4 is 17.2 Å². The van der Waals surface area contributed by atoms with Crippen molar-refractivity contribution in [1.29, 1.82) is 0 Å². The fraction of sp³-hybridized carbons (Fsp3) is 0.273. The quantitative estimate of drug-likeness (QED) is 0.745. The molecule has 1 saturated carbocycles. The minimum absolute atomic E-state index is 0.148. The molecule has 5 heteroatoms. The van der Waals surface area contributed by atoms with Crippen molar-refractivity contribution in [2.45, 2.75) is 32.1 Å². The zero-order chi connectivity index (χ0) is 18.7. The molecule has 3 aromatic rings. The third-order valence-corrected chi connectivity index (χ3v) is 5.79. The molecule has 1 aliphatic carbocycles. The van der Waals surface area contributed by atoms with Crippen molar-refractivity contribution in [2.24, 2.45) is 0 Å². The average Bonchev–Trinajstić information content (AvgIpc) is 3.39.